The Morgan fingerprint density at radius 3 is 2.50 bits per heavy atom. The highest BCUT2D eigenvalue weighted by Gasteiger charge is 2.30. The second-order valence-electron chi connectivity index (χ2n) is 8.06. The Hall–Kier alpha value is -2.67. The van der Waals surface area contributed by atoms with Crippen LogP contribution < -0.4 is 0 Å². The van der Waals surface area contributed by atoms with Gasteiger partial charge in [0.25, 0.3) is 0 Å². The molecular formula is C23H25F3N4. The molecule has 0 bridgehead atoms. The zero-order valence-corrected chi connectivity index (χ0v) is 17.2. The molecule has 4 nitrogen and oxygen atoms in total. The van der Waals surface area contributed by atoms with E-state index in [1.165, 1.54) is 5.56 Å². The van der Waals surface area contributed by atoms with Gasteiger partial charge in [-0.05, 0) is 68.1 Å². The molecule has 0 aliphatic carbocycles. The van der Waals surface area contributed by atoms with E-state index < -0.39 is 11.7 Å². The molecule has 0 saturated carbocycles. The van der Waals surface area contributed by atoms with Gasteiger partial charge in [-0.15, -0.1) is 0 Å². The van der Waals surface area contributed by atoms with E-state index in [2.05, 4.69) is 16.1 Å². The van der Waals surface area contributed by atoms with Crippen LogP contribution in [0.5, 0.6) is 0 Å². The van der Waals surface area contributed by atoms with Gasteiger partial charge in [-0.25, -0.2) is 0 Å². The minimum Gasteiger partial charge on any atom is -0.290 e. The molecule has 1 atom stereocenters. The lowest BCUT2D eigenvalue weighted by Gasteiger charge is -2.24. The Kier molecular flexibility index (Phi) is 5.64. The predicted octanol–water partition coefficient (Wildman–Crippen LogP) is 5.07. The summed E-state index contributed by atoms with van der Waals surface area (Å²) in [7, 11) is 1.92. The van der Waals surface area contributed by atoms with Crippen molar-refractivity contribution < 1.29 is 13.2 Å². The molecule has 0 N–H and O–H groups in total. The fourth-order valence-corrected chi connectivity index (χ4v) is 4.23. The smallest absolute Gasteiger partial charge is 0.290 e. The van der Waals surface area contributed by atoms with Crippen molar-refractivity contribution in [2.75, 3.05) is 6.54 Å². The third-order valence-electron chi connectivity index (χ3n) is 5.57. The normalized spacial score (nSPS) is 17.6. The Bertz CT molecular complexity index is 1010. The predicted molar refractivity (Wildman–Crippen MR) is 109 cm³/mol. The first-order valence-corrected chi connectivity index (χ1v) is 10.1. The summed E-state index contributed by atoms with van der Waals surface area (Å²) in [5, 5.41) is 4.26. The van der Waals surface area contributed by atoms with Crippen molar-refractivity contribution in [2.45, 2.75) is 44.9 Å². The number of rotatable bonds is 5. The molecule has 158 valence electrons. The van der Waals surface area contributed by atoms with Gasteiger partial charge >= 0.3 is 6.18 Å². The molecule has 0 amide bonds. The maximum Gasteiger partial charge on any atom is 0.416 e. The first-order valence-electron chi connectivity index (χ1n) is 10.1. The number of pyridine rings is 1. The lowest BCUT2D eigenvalue weighted by Crippen LogP contribution is -2.23. The van der Waals surface area contributed by atoms with Gasteiger partial charge in [-0.2, -0.15) is 18.3 Å². The highest BCUT2D eigenvalue weighted by molar-refractivity contribution is 5.32. The van der Waals surface area contributed by atoms with Gasteiger partial charge in [0.1, 0.15) is 0 Å². The van der Waals surface area contributed by atoms with Crippen LogP contribution in [0.25, 0.3) is 0 Å². The number of hydrogen-bond donors (Lipinski definition) is 0. The van der Waals surface area contributed by atoms with Gasteiger partial charge in [0.05, 0.1) is 23.5 Å². The van der Waals surface area contributed by atoms with E-state index in [9.17, 15) is 13.2 Å². The summed E-state index contributed by atoms with van der Waals surface area (Å²) in [6, 6.07) is 9.79. The van der Waals surface area contributed by atoms with Crippen molar-refractivity contribution in [3.8, 4) is 0 Å². The Morgan fingerprint density at radius 2 is 1.83 bits per heavy atom. The first-order chi connectivity index (χ1) is 14.3. The van der Waals surface area contributed by atoms with Crippen molar-refractivity contribution in [3.05, 3.63) is 82.4 Å². The molecular weight excluding hydrogens is 389 g/mol. The Balaban J connectivity index is 1.52. The standard InChI is InChI=1S/C23H25F3N4/c1-16-10-18(11-17-5-7-20(8-6-17)23(24,25)26)12-21(28-16)22-4-3-9-30(22)15-19-13-27-29(2)14-19/h5-8,10,12-14,22H,3-4,9,11,15H2,1-2H3. The monoisotopic (exact) mass is 414 g/mol. The molecule has 1 aliphatic rings. The maximum atomic E-state index is 12.8. The summed E-state index contributed by atoms with van der Waals surface area (Å²) in [6.45, 7) is 3.83. The van der Waals surface area contributed by atoms with Crippen molar-refractivity contribution in [2.24, 2.45) is 7.05 Å². The number of aromatic nitrogens is 3. The molecule has 2 aromatic heterocycles. The topological polar surface area (TPSA) is 34.0 Å². The average Bonchev–Trinajstić information content (AvgIpc) is 3.30. The minimum atomic E-state index is -4.31. The van der Waals surface area contributed by atoms with Crippen LogP contribution in [-0.2, 0) is 26.2 Å². The molecule has 30 heavy (non-hydrogen) atoms. The average molecular weight is 414 g/mol. The molecule has 0 spiro atoms. The Labute approximate surface area is 174 Å². The number of nitrogens with zero attached hydrogens (tertiary/aromatic N) is 4. The molecule has 7 heteroatoms. The molecule has 1 aliphatic heterocycles. The lowest BCUT2D eigenvalue weighted by atomic mass is 10.0. The number of halogens is 3. The van der Waals surface area contributed by atoms with Crippen molar-refractivity contribution in [1.29, 1.82) is 0 Å². The van der Waals surface area contributed by atoms with E-state index >= 15 is 0 Å². The molecule has 1 aromatic carbocycles. The Morgan fingerprint density at radius 1 is 1.07 bits per heavy atom. The molecule has 3 aromatic rings. The summed E-state index contributed by atoms with van der Waals surface area (Å²) < 4.78 is 40.2. The van der Waals surface area contributed by atoms with Gasteiger partial charge in [0.2, 0.25) is 0 Å². The summed E-state index contributed by atoms with van der Waals surface area (Å²) in [5.74, 6) is 0. The molecule has 1 unspecified atom stereocenters. The SMILES string of the molecule is Cc1cc(Cc2ccc(C(F)(F)F)cc2)cc(C2CCCN2Cc2cnn(C)c2)n1. The number of hydrogen-bond acceptors (Lipinski definition) is 3. The summed E-state index contributed by atoms with van der Waals surface area (Å²) in [5.41, 5.74) is 4.47. The summed E-state index contributed by atoms with van der Waals surface area (Å²) in [6.07, 6.45) is 2.39. The zero-order chi connectivity index (χ0) is 21.3. The van der Waals surface area contributed by atoms with Crippen LogP contribution in [0.2, 0.25) is 0 Å². The van der Waals surface area contributed by atoms with Gasteiger partial charge in [-0.1, -0.05) is 12.1 Å². The number of alkyl halides is 3. The second-order valence-corrected chi connectivity index (χ2v) is 8.06. The van der Waals surface area contributed by atoms with Gasteiger partial charge in [0.15, 0.2) is 0 Å². The van der Waals surface area contributed by atoms with Crippen molar-refractivity contribution in [3.63, 3.8) is 0 Å². The minimum absolute atomic E-state index is 0.247. The van der Waals surface area contributed by atoms with Crippen LogP contribution in [0.1, 0.15) is 52.5 Å². The third-order valence-corrected chi connectivity index (χ3v) is 5.57. The first kappa shape index (κ1) is 20.6. The van der Waals surface area contributed by atoms with Crippen LogP contribution in [0.4, 0.5) is 13.2 Å². The van der Waals surface area contributed by atoms with Crippen molar-refractivity contribution in [1.82, 2.24) is 19.7 Å². The van der Waals surface area contributed by atoms with Gasteiger partial charge in [0, 0.05) is 31.0 Å². The number of aryl methyl sites for hydroxylation is 2. The summed E-state index contributed by atoms with van der Waals surface area (Å²) >= 11 is 0. The number of benzene rings is 1. The fourth-order valence-electron chi connectivity index (χ4n) is 4.23. The van der Waals surface area contributed by atoms with Crippen LogP contribution in [0.3, 0.4) is 0 Å². The molecule has 3 heterocycles. The van der Waals surface area contributed by atoms with Crippen LogP contribution in [-0.4, -0.2) is 26.2 Å². The van der Waals surface area contributed by atoms with E-state index in [1.807, 2.05) is 37.1 Å². The molecule has 0 radical (unpaired) electrons. The van der Waals surface area contributed by atoms with E-state index in [0.717, 1.165) is 60.6 Å². The van der Waals surface area contributed by atoms with Crippen LogP contribution in [0.15, 0.2) is 48.8 Å². The van der Waals surface area contributed by atoms with E-state index in [4.69, 9.17) is 4.98 Å². The van der Waals surface area contributed by atoms with Crippen molar-refractivity contribution >= 4 is 0 Å². The second kappa shape index (κ2) is 8.22. The molecule has 1 fully saturated rings. The van der Waals surface area contributed by atoms with Gasteiger partial charge < -0.3 is 0 Å². The van der Waals surface area contributed by atoms with E-state index in [0.29, 0.717) is 6.42 Å². The zero-order valence-electron chi connectivity index (χ0n) is 17.2. The highest BCUT2D eigenvalue weighted by atomic mass is 19.4. The van der Waals surface area contributed by atoms with Crippen LogP contribution in [0, 0.1) is 6.92 Å². The number of likely N-dealkylation sites (tertiary alicyclic amines) is 1. The quantitative estimate of drug-likeness (QED) is 0.585. The lowest BCUT2D eigenvalue weighted by molar-refractivity contribution is -0.137. The molecule has 4 rings (SSSR count). The molecule has 1 saturated heterocycles. The van der Waals surface area contributed by atoms with Gasteiger partial charge in [-0.3, -0.25) is 14.6 Å². The third kappa shape index (κ3) is 4.73. The summed E-state index contributed by atoms with van der Waals surface area (Å²) in [4.78, 5) is 7.22. The van der Waals surface area contributed by atoms with Crippen LogP contribution >= 0.6 is 0 Å². The van der Waals surface area contributed by atoms with E-state index in [-0.39, 0.29) is 6.04 Å². The fraction of sp³-hybridized carbons (Fsp3) is 0.391. The highest BCUT2D eigenvalue weighted by Crippen LogP contribution is 2.33. The van der Waals surface area contributed by atoms with E-state index in [1.54, 1.807) is 12.1 Å². The maximum absolute atomic E-state index is 12.8. The largest absolute Gasteiger partial charge is 0.416 e.